The van der Waals surface area contributed by atoms with Crippen molar-refractivity contribution in [1.82, 2.24) is 9.38 Å². The molecule has 3 rings (SSSR count). The standard InChI is InChI=1S/C20H20N2O4/c1-2-26-18(24)8-5-7-17-21-19(16-6-3-4-13-22(16)17)20(25)14-9-11-15(23)12-10-14/h3-4,6,9-13,23H,2,5,7-8H2,1H3. The van der Waals surface area contributed by atoms with Crippen LogP contribution in [0.2, 0.25) is 0 Å². The first kappa shape index (κ1) is 17.7. The third-order valence-corrected chi connectivity index (χ3v) is 4.05. The van der Waals surface area contributed by atoms with Crippen LogP contribution in [0.15, 0.2) is 48.7 Å². The van der Waals surface area contributed by atoms with E-state index in [4.69, 9.17) is 4.74 Å². The van der Waals surface area contributed by atoms with Gasteiger partial charge in [0.25, 0.3) is 0 Å². The third kappa shape index (κ3) is 3.74. The molecular formula is C20H20N2O4. The van der Waals surface area contributed by atoms with Gasteiger partial charge in [-0.15, -0.1) is 0 Å². The molecule has 1 aromatic carbocycles. The van der Waals surface area contributed by atoms with Gasteiger partial charge in [-0.3, -0.25) is 9.59 Å². The molecule has 2 aromatic heterocycles. The Balaban J connectivity index is 1.86. The molecule has 0 unspecified atom stereocenters. The molecule has 6 nitrogen and oxygen atoms in total. The molecule has 6 heteroatoms. The number of aromatic nitrogens is 2. The van der Waals surface area contributed by atoms with Gasteiger partial charge in [0.05, 0.1) is 12.1 Å². The van der Waals surface area contributed by atoms with Crippen LogP contribution in [0.5, 0.6) is 5.75 Å². The van der Waals surface area contributed by atoms with Gasteiger partial charge < -0.3 is 14.2 Å². The minimum atomic E-state index is -0.228. The zero-order valence-corrected chi connectivity index (χ0v) is 14.5. The van der Waals surface area contributed by atoms with Gasteiger partial charge in [0.15, 0.2) is 0 Å². The summed E-state index contributed by atoms with van der Waals surface area (Å²) in [4.78, 5) is 28.8. The van der Waals surface area contributed by atoms with Gasteiger partial charge in [-0.25, -0.2) is 4.98 Å². The van der Waals surface area contributed by atoms with Crippen molar-refractivity contribution in [1.29, 1.82) is 0 Å². The minimum Gasteiger partial charge on any atom is -0.508 e. The lowest BCUT2D eigenvalue weighted by Gasteiger charge is -2.02. The van der Waals surface area contributed by atoms with Crippen molar-refractivity contribution in [3.63, 3.8) is 0 Å². The van der Waals surface area contributed by atoms with Gasteiger partial charge in [-0.2, -0.15) is 0 Å². The number of carbonyl (C=O) groups excluding carboxylic acids is 2. The van der Waals surface area contributed by atoms with Gasteiger partial charge >= 0.3 is 5.97 Å². The molecule has 0 aliphatic heterocycles. The van der Waals surface area contributed by atoms with Crippen molar-refractivity contribution in [3.05, 3.63) is 65.7 Å². The lowest BCUT2D eigenvalue weighted by molar-refractivity contribution is -0.143. The average Bonchev–Trinajstić information content (AvgIpc) is 3.01. The third-order valence-electron chi connectivity index (χ3n) is 4.05. The van der Waals surface area contributed by atoms with E-state index in [1.807, 2.05) is 28.8 Å². The SMILES string of the molecule is CCOC(=O)CCCc1nc(C(=O)c2ccc(O)cc2)c2ccccn12. The first-order valence-corrected chi connectivity index (χ1v) is 8.55. The van der Waals surface area contributed by atoms with Gasteiger partial charge in [0.2, 0.25) is 5.78 Å². The number of phenols is 1. The number of fused-ring (bicyclic) bond motifs is 1. The van der Waals surface area contributed by atoms with E-state index >= 15 is 0 Å². The zero-order chi connectivity index (χ0) is 18.5. The summed E-state index contributed by atoms with van der Waals surface area (Å²) in [7, 11) is 0. The number of carbonyl (C=O) groups is 2. The Labute approximate surface area is 151 Å². The summed E-state index contributed by atoms with van der Waals surface area (Å²) < 4.78 is 6.81. The van der Waals surface area contributed by atoms with Crippen molar-refractivity contribution < 1.29 is 19.4 Å². The maximum atomic E-state index is 12.8. The topological polar surface area (TPSA) is 80.9 Å². The number of ketones is 1. The highest BCUT2D eigenvalue weighted by Crippen LogP contribution is 2.20. The van der Waals surface area contributed by atoms with Crippen molar-refractivity contribution in [2.45, 2.75) is 26.2 Å². The number of ether oxygens (including phenoxy) is 1. The molecule has 0 amide bonds. The number of pyridine rings is 1. The number of benzene rings is 1. The van der Waals surface area contributed by atoms with Crippen LogP contribution in [0, 0.1) is 0 Å². The van der Waals surface area contributed by atoms with Gasteiger partial charge in [-0.05, 0) is 49.7 Å². The largest absolute Gasteiger partial charge is 0.508 e. The molecule has 2 heterocycles. The van der Waals surface area contributed by atoms with Crippen molar-refractivity contribution in [2.24, 2.45) is 0 Å². The fourth-order valence-electron chi connectivity index (χ4n) is 2.82. The van der Waals surface area contributed by atoms with E-state index in [9.17, 15) is 14.7 Å². The number of hydrogen-bond donors (Lipinski definition) is 1. The molecule has 0 saturated heterocycles. The molecule has 0 bridgehead atoms. The van der Waals surface area contributed by atoms with Crippen molar-refractivity contribution in [2.75, 3.05) is 6.61 Å². The van der Waals surface area contributed by atoms with Crippen LogP contribution in [-0.4, -0.2) is 32.9 Å². The van der Waals surface area contributed by atoms with Crippen LogP contribution >= 0.6 is 0 Å². The summed E-state index contributed by atoms with van der Waals surface area (Å²) in [5, 5.41) is 9.40. The summed E-state index contributed by atoms with van der Waals surface area (Å²) in [6.45, 7) is 2.15. The zero-order valence-electron chi connectivity index (χ0n) is 14.5. The summed E-state index contributed by atoms with van der Waals surface area (Å²) >= 11 is 0. The maximum absolute atomic E-state index is 12.8. The molecule has 0 radical (unpaired) electrons. The number of hydrogen-bond acceptors (Lipinski definition) is 5. The molecule has 0 aliphatic rings. The molecule has 0 spiro atoms. The normalized spacial score (nSPS) is 10.8. The second-order valence-corrected chi connectivity index (χ2v) is 5.87. The van der Waals surface area contributed by atoms with Crippen molar-refractivity contribution in [3.8, 4) is 5.75 Å². The van der Waals surface area contributed by atoms with E-state index in [2.05, 4.69) is 4.98 Å². The number of esters is 1. The van der Waals surface area contributed by atoms with E-state index in [1.54, 1.807) is 19.1 Å². The fourth-order valence-corrected chi connectivity index (χ4v) is 2.82. The molecular weight excluding hydrogens is 332 g/mol. The Morgan fingerprint density at radius 1 is 1.15 bits per heavy atom. The Morgan fingerprint density at radius 3 is 2.65 bits per heavy atom. The van der Waals surface area contributed by atoms with Crippen LogP contribution in [0.1, 0.15) is 41.6 Å². The van der Waals surface area contributed by atoms with Crippen LogP contribution < -0.4 is 0 Å². The number of aromatic hydroxyl groups is 1. The quantitative estimate of drug-likeness (QED) is 0.522. The van der Waals surface area contributed by atoms with E-state index < -0.39 is 0 Å². The number of aryl methyl sites for hydroxylation is 1. The first-order valence-electron chi connectivity index (χ1n) is 8.55. The lowest BCUT2D eigenvalue weighted by Crippen LogP contribution is -2.05. The second kappa shape index (κ2) is 7.82. The molecule has 26 heavy (non-hydrogen) atoms. The molecule has 0 fully saturated rings. The number of phenolic OH excluding ortho intramolecular Hbond substituents is 1. The Bertz CT molecular complexity index is 929. The predicted molar refractivity (Wildman–Crippen MR) is 96.3 cm³/mol. The highest BCUT2D eigenvalue weighted by Gasteiger charge is 2.19. The number of imidazole rings is 1. The molecule has 0 atom stereocenters. The Morgan fingerprint density at radius 2 is 1.92 bits per heavy atom. The van der Waals surface area contributed by atoms with Crippen LogP contribution in [0.3, 0.4) is 0 Å². The number of nitrogens with zero attached hydrogens (tertiary/aromatic N) is 2. The molecule has 0 aliphatic carbocycles. The minimum absolute atomic E-state index is 0.107. The second-order valence-electron chi connectivity index (χ2n) is 5.87. The predicted octanol–water partition coefficient (Wildman–Crippen LogP) is 3.16. The van der Waals surface area contributed by atoms with Gasteiger partial charge in [0, 0.05) is 24.6 Å². The fraction of sp³-hybridized carbons (Fsp3) is 0.250. The molecule has 3 aromatic rings. The van der Waals surface area contributed by atoms with E-state index in [1.165, 1.54) is 12.1 Å². The summed E-state index contributed by atoms with van der Waals surface area (Å²) in [5.74, 6) is 0.405. The molecule has 0 saturated carbocycles. The number of rotatable bonds is 7. The van der Waals surface area contributed by atoms with E-state index in [-0.39, 0.29) is 17.5 Å². The highest BCUT2D eigenvalue weighted by molar-refractivity contribution is 6.11. The summed E-state index contributed by atoms with van der Waals surface area (Å²) in [6, 6.07) is 11.7. The smallest absolute Gasteiger partial charge is 0.305 e. The van der Waals surface area contributed by atoms with Crippen LogP contribution in [0.4, 0.5) is 0 Å². The average molecular weight is 352 g/mol. The first-order chi connectivity index (χ1) is 12.6. The van der Waals surface area contributed by atoms with Crippen LogP contribution in [-0.2, 0) is 16.0 Å². The lowest BCUT2D eigenvalue weighted by atomic mass is 10.1. The van der Waals surface area contributed by atoms with Crippen molar-refractivity contribution >= 4 is 17.3 Å². The summed E-state index contributed by atoms with van der Waals surface area (Å²) in [6.07, 6.45) is 3.33. The highest BCUT2D eigenvalue weighted by atomic mass is 16.5. The van der Waals surface area contributed by atoms with Gasteiger partial charge in [0.1, 0.15) is 17.3 Å². The van der Waals surface area contributed by atoms with E-state index in [0.717, 1.165) is 11.3 Å². The molecule has 1 N–H and O–H groups in total. The van der Waals surface area contributed by atoms with E-state index in [0.29, 0.717) is 37.1 Å². The molecule has 134 valence electrons. The monoisotopic (exact) mass is 352 g/mol. The van der Waals surface area contributed by atoms with Crippen LogP contribution in [0.25, 0.3) is 5.52 Å². The van der Waals surface area contributed by atoms with Gasteiger partial charge in [-0.1, -0.05) is 6.07 Å². The summed E-state index contributed by atoms with van der Waals surface area (Å²) in [5.41, 5.74) is 1.55. The maximum Gasteiger partial charge on any atom is 0.305 e. The Hall–Kier alpha value is -3.15. The Kier molecular flexibility index (Phi) is 5.31.